The molecule has 2 aromatic rings. The zero-order valence-corrected chi connectivity index (χ0v) is 13.5. The Kier molecular flexibility index (Phi) is 5.41. The van der Waals surface area contributed by atoms with Gasteiger partial charge >= 0.3 is 0 Å². The van der Waals surface area contributed by atoms with Crippen molar-refractivity contribution in [2.24, 2.45) is 5.10 Å². The molecule has 0 aliphatic rings. The number of ether oxygens (including phenoxy) is 3. The van der Waals surface area contributed by atoms with Gasteiger partial charge in [0.05, 0.1) is 38.3 Å². The maximum Gasteiger partial charge on any atom is 0.135 e. The number of rotatable bonds is 6. The van der Waals surface area contributed by atoms with E-state index in [1.165, 1.54) is 12.1 Å². The minimum atomic E-state index is -0.297. The number of benzene rings is 2. The van der Waals surface area contributed by atoms with Crippen LogP contribution in [0.5, 0.6) is 17.2 Å². The van der Waals surface area contributed by atoms with Gasteiger partial charge in [-0.3, -0.25) is 5.43 Å². The number of hydrogen-bond donors (Lipinski definition) is 1. The van der Waals surface area contributed by atoms with E-state index in [2.05, 4.69) is 10.5 Å². The highest BCUT2D eigenvalue weighted by atomic mass is 19.1. The van der Waals surface area contributed by atoms with E-state index in [1.807, 2.05) is 6.92 Å². The second-order valence-corrected chi connectivity index (χ2v) is 4.72. The predicted octanol–water partition coefficient (Wildman–Crippen LogP) is 3.69. The lowest BCUT2D eigenvalue weighted by Gasteiger charge is -2.15. The Morgan fingerprint density at radius 2 is 1.52 bits per heavy atom. The SMILES string of the molecule is COc1cc(OC)c(C(C)=NNc2ccc(F)cc2)c(OC)c1. The van der Waals surface area contributed by atoms with Crippen molar-refractivity contribution in [3.05, 3.63) is 47.8 Å². The van der Waals surface area contributed by atoms with Gasteiger partial charge < -0.3 is 14.2 Å². The van der Waals surface area contributed by atoms with Gasteiger partial charge in [-0.05, 0) is 31.2 Å². The van der Waals surface area contributed by atoms with E-state index in [0.29, 0.717) is 34.2 Å². The molecule has 6 heteroatoms. The zero-order chi connectivity index (χ0) is 16.8. The molecular formula is C17H19FN2O3. The van der Waals surface area contributed by atoms with Crippen molar-refractivity contribution in [2.75, 3.05) is 26.8 Å². The minimum Gasteiger partial charge on any atom is -0.496 e. The molecule has 5 nitrogen and oxygen atoms in total. The summed E-state index contributed by atoms with van der Waals surface area (Å²) in [6.45, 7) is 1.82. The maximum absolute atomic E-state index is 12.9. The lowest BCUT2D eigenvalue weighted by molar-refractivity contribution is 0.374. The number of hydrazone groups is 1. The maximum atomic E-state index is 12.9. The van der Waals surface area contributed by atoms with Crippen LogP contribution in [0.25, 0.3) is 0 Å². The Balaban J connectivity index is 2.35. The molecule has 0 atom stereocenters. The molecule has 0 spiro atoms. The lowest BCUT2D eigenvalue weighted by Crippen LogP contribution is -2.06. The molecule has 1 N–H and O–H groups in total. The molecule has 0 radical (unpaired) electrons. The summed E-state index contributed by atoms with van der Waals surface area (Å²) in [4.78, 5) is 0. The minimum absolute atomic E-state index is 0.297. The summed E-state index contributed by atoms with van der Waals surface area (Å²) >= 11 is 0. The van der Waals surface area contributed by atoms with Crippen LogP contribution in [-0.4, -0.2) is 27.0 Å². The molecule has 2 aromatic carbocycles. The van der Waals surface area contributed by atoms with Crippen molar-refractivity contribution in [3.63, 3.8) is 0 Å². The summed E-state index contributed by atoms with van der Waals surface area (Å²) in [6, 6.07) is 9.45. The highest BCUT2D eigenvalue weighted by molar-refractivity contribution is 6.04. The average Bonchev–Trinajstić information content (AvgIpc) is 2.59. The molecule has 0 aliphatic carbocycles. The largest absolute Gasteiger partial charge is 0.496 e. The number of anilines is 1. The van der Waals surface area contributed by atoms with Gasteiger partial charge in [-0.2, -0.15) is 5.10 Å². The van der Waals surface area contributed by atoms with E-state index in [0.717, 1.165) is 0 Å². The van der Waals surface area contributed by atoms with Crippen LogP contribution in [0.15, 0.2) is 41.5 Å². The molecule has 2 rings (SSSR count). The Morgan fingerprint density at radius 3 is 2.00 bits per heavy atom. The number of hydrogen-bond acceptors (Lipinski definition) is 5. The summed E-state index contributed by atoms with van der Waals surface area (Å²) in [5.74, 6) is 1.50. The van der Waals surface area contributed by atoms with Crippen LogP contribution in [0.4, 0.5) is 10.1 Å². The van der Waals surface area contributed by atoms with Gasteiger partial charge in [0.15, 0.2) is 0 Å². The lowest BCUT2D eigenvalue weighted by atomic mass is 10.1. The number of nitrogens with zero attached hydrogens (tertiary/aromatic N) is 1. The fourth-order valence-electron chi connectivity index (χ4n) is 2.09. The van der Waals surface area contributed by atoms with Crippen LogP contribution in [0.2, 0.25) is 0 Å². The van der Waals surface area contributed by atoms with Gasteiger partial charge in [0.25, 0.3) is 0 Å². The second kappa shape index (κ2) is 7.49. The third kappa shape index (κ3) is 3.91. The Bertz CT molecular complexity index is 674. The van der Waals surface area contributed by atoms with Crippen molar-refractivity contribution in [1.82, 2.24) is 0 Å². The zero-order valence-electron chi connectivity index (χ0n) is 13.5. The van der Waals surface area contributed by atoms with E-state index in [1.54, 1.807) is 45.6 Å². The van der Waals surface area contributed by atoms with E-state index in [-0.39, 0.29) is 5.82 Å². The van der Waals surface area contributed by atoms with Gasteiger partial charge in [0, 0.05) is 12.1 Å². The summed E-state index contributed by atoms with van der Waals surface area (Å²) in [5, 5.41) is 4.31. The third-order valence-corrected chi connectivity index (χ3v) is 3.27. The van der Waals surface area contributed by atoms with Crippen molar-refractivity contribution in [3.8, 4) is 17.2 Å². The van der Waals surface area contributed by atoms with Crippen LogP contribution in [0, 0.1) is 5.82 Å². The van der Waals surface area contributed by atoms with E-state index < -0.39 is 0 Å². The van der Waals surface area contributed by atoms with Crippen LogP contribution >= 0.6 is 0 Å². The van der Waals surface area contributed by atoms with Gasteiger partial charge in [0.2, 0.25) is 0 Å². The van der Waals surface area contributed by atoms with Crippen LogP contribution in [0.3, 0.4) is 0 Å². The standard InChI is InChI=1S/C17H19FN2O3/c1-11(19-20-13-7-5-12(18)6-8-13)17-15(22-3)9-14(21-2)10-16(17)23-4/h5-10,20H,1-4H3. The molecular weight excluding hydrogens is 299 g/mol. The van der Waals surface area contributed by atoms with Crippen molar-refractivity contribution in [2.45, 2.75) is 6.92 Å². The Labute approximate surface area is 134 Å². The smallest absolute Gasteiger partial charge is 0.135 e. The third-order valence-electron chi connectivity index (χ3n) is 3.27. The molecule has 0 saturated carbocycles. The molecule has 23 heavy (non-hydrogen) atoms. The number of nitrogens with one attached hydrogen (secondary N) is 1. The molecule has 0 amide bonds. The first-order valence-corrected chi connectivity index (χ1v) is 6.95. The monoisotopic (exact) mass is 318 g/mol. The second-order valence-electron chi connectivity index (χ2n) is 4.72. The van der Waals surface area contributed by atoms with Crippen LogP contribution < -0.4 is 19.6 Å². The summed E-state index contributed by atoms with van der Waals surface area (Å²) < 4.78 is 28.9. The highest BCUT2D eigenvalue weighted by Crippen LogP contribution is 2.34. The molecule has 0 aliphatic heterocycles. The van der Waals surface area contributed by atoms with E-state index >= 15 is 0 Å². The number of methoxy groups -OCH3 is 3. The van der Waals surface area contributed by atoms with Gasteiger partial charge in [-0.1, -0.05) is 0 Å². The normalized spacial score (nSPS) is 11.1. The molecule has 0 saturated heterocycles. The Morgan fingerprint density at radius 1 is 0.957 bits per heavy atom. The first kappa shape index (κ1) is 16.6. The van der Waals surface area contributed by atoms with Crippen molar-refractivity contribution < 1.29 is 18.6 Å². The highest BCUT2D eigenvalue weighted by Gasteiger charge is 2.16. The van der Waals surface area contributed by atoms with Gasteiger partial charge in [-0.15, -0.1) is 0 Å². The molecule has 0 bridgehead atoms. The first-order chi connectivity index (χ1) is 11.1. The number of halogens is 1. The van der Waals surface area contributed by atoms with Crippen molar-refractivity contribution >= 4 is 11.4 Å². The predicted molar refractivity (Wildman–Crippen MR) is 88.3 cm³/mol. The van der Waals surface area contributed by atoms with Crippen molar-refractivity contribution in [1.29, 1.82) is 0 Å². The molecule has 0 heterocycles. The van der Waals surface area contributed by atoms with Crippen LogP contribution in [-0.2, 0) is 0 Å². The molecule has 0 unspecified atom stereocenters. The molecule has 0 fully saturated rings. The fraction of sp³-hybridized carbons (Fsp3) is 0.235. The summed E-state index contributed by atoms with van der Waals surface area (Å²) in [5.41, 5.74) is 4.93. The van der Waals surface area contributed by atoms with Gasteiger partial charge in [0.1, 0.15) is 23.1 Å². The fourth-order valence-corrected chi connectivity index (χ4v) is 2.09. The topological polar surface area (TPSA) is 52.1 Å². The molecule has 0 aromatic heterocycles. The first-order valence-electron chi connectivity index (χ1n) is 6.95. The van der Waals surface area contributed by atoms with Gasteiger partial charge in [-0.25, -0.2) is 4.39 Å². The molecule has 122 valence electrons. The quantitative estimate of drug-likeness (QED) is 0.652. The summed E-state index contributed by atoms with van der Waals surface area (Å²) in [7, 11) is 4.71. The Hall–Kier alpha value is -2.76. The summed E-state index contributed by atoms with van der Waals surface area (Å²) in [6.07, 6.45) is 0. The average molecular weight is 318 g/mol. The van der Waals surface area contributed by atoms with Crippen LogP contribution in [0.1, 0.15) is 12.5 Å². The van der Waals surface area contributed by atoms with E-state index in [4.69, 9.17) is 14.2 Å². The van der Waals surface area contributed by atoms with E-state index in [9.17, 15) is 4.39 Å².